The summed E-state index contributed by atoms with van der Waals surface area (Å²) in [5, 5.41) is 87.0. The number of unbranched alkanes of at least 4 members (excludes halogenated alkanes) is 26. The smallest absolute Gasteiger partial charge is 0.220 e. The van der Waals surface area contributed by atoms with Gasteiger partial charge in [-0.05, 0) is 77.0 Å². The largest absolute Gasteiger partial charge is 0.394 e. The van der Waals surface area contributed by atoms with Gasteiger partial charge < -0.3 is 65.1 Å². The lowest BCUT2D eigenvalue weighted by molar-refractivity contribution is -0.359. The lowest BCUT2D eigenvalue weighted by Gasteiger charge is -2.46. The van der Waals surface area contributed by atoms with Crippen molar-refractivity contribution in [2.75, 3.05) is 19.8 Å². The monoisotopic (exact) mass is 1060 g/mol. The molecule has 436 valence electrons. The lowest BCUT2D eigenvalue weighted by atomic mass is 9.97. The number of rotatable bonds is 47. The summed E-state index contributed by atoms with van der Waals surface area (Å²) < 4.78 is 22.7. The third-order valence-corrected chi connectivity index (χ3v) is 14.4. The summed E-state index contributed by atoms with van der Waals surface area (Å²) in [7, 11) is 0. The highest BCUT2D eigenvalue weighted by molar-refractivity contribution is 5.76. The molecule has 0 aliphatic carbocycles. The van der Waals surface area contributed by atoms with Crippen LogP contribution in [-0.2, 0) is 23.7 Å². The molecule has 12 atom stereocenters. The Labute approximate surface area is 454 Å². The van der Waals surface area contributed by atoms with Gasteiger partial charge in [-0.1, -0.05) is 203 Å². The summed E-state index contributed by atoms with van der Waals surface area (Å²) >= 11 is 0. The second kappa shape index (κ2) is 46.6. The molecule has 0 aromatic carbocycles. The Morgan fingerprint density at radius 1 is 0.480 bits per heavy atom. The maximum atomic E-state index is 13.3. The fourth-order valence-electron chi connectivity index (χ4n) is 9.53. The molecule has 0 spiro atoms. The van der Waals surface area contributed by atoms with Crippen molar-refractivity contribution in [1.82, 2.24) is 5.32 Å². The van der Waals surface area contributed by atoms with Crippen LogP contribution in [0.2, 0.25) is 0 Å². The first kappa shape index (κ1) is 68.8. The van der Waals surface area contributed by atoms with Crippen LogP contribution in [0, 0.1) is 0 Å². The molecular weight excluding hydrogens is 955 g/mol. The normalized spacial score (nSPS) is 25.5. The van der Waals surface area contributed by atoms with Gasteiger partial charge in [-0.3, -0.25) is 4.79 Å². The summed E-state index contributed by atoms with van der Waals surface area (Å²) in [6, 6.07) is -0.940. The molecular formula is C61H109NO13. The first-order valence-electron chi connectivity index (χ1n) is 30.0. The van der Waals surface area contributed by atoms with Crippen molar-refractivity contribution in [3.63, 3.8) is 0 Å². The van der Waals surface area contributed by atoms with Gasteiger partial charge >= 0.3 is 0 Å². The quantitative estimate of drug-likeness (QED) is 0.0204. The van der Waals surface area contributed by atoms with Gasteiger partial charge in [0.1, 0.15) is 48.8 Å². The molecule has 75 heavy (non-hydrogen) atoms. The SMILES string of the molecule is CCCCCCC/C=C\C/C=C\CCCCCCCCCCCCCCCC(=O)NC(COC1OC(CO)C(OC2OC(CO)C(O)C(O)C2O)C(O)C1O)C(O)/C=C/CC/C=C/CC/C=C/CCCCCCCC. The number of allylic oxidation sites excluding steroid dienone is 9. The van der Waals surface area contributed by atoms with E-state index in [1.165, 1.54) is 141 Å². The van der Waals surface area contributed by atoms with E-state index >= 15 is 0 Å². The van der Waals surface area contributed by atoms with Gasteiger partial charge in [0.25, 0.3) is 0 Å². The van der Waals surface area contributed by atoms with Crippen molar-refractivity contribution in [2.45, 2.75) is 299 Å². The van der Waals surface area contributed by atoms with Crippen LogP contribution in [0.15, 0.2) is 60.8 Å². The van der Waals surface area contributed by atoms with Crippen LogP contribution in [-0.4, -0.2) is 140 Å². The molecule has 0 aromatic rings. The van der Waals surface area contributed by atoms with E-state index in [4.69, 9.17) is 18.9 Å². The Hall–Kier alpha value is -2.31. The van der Waals surface area contributed by atoms with Crippen LogP contribution in [0.25, 0.3) is 0 Å². The Morgan fingerprint density at radius 2 is 0.893 bits per heavy atom. The molecule has 0 radical (unpaired) electrons. The number of carbonyl (C=O) groups excluding carboxylic acids is 1. The Bertz CT molecular complexity index is 1490. The Morgan fingerprint density at radius 3 is 1.39 bits per heavy atom. The minimum absolute atomic E-state index is 0.255. The van der Waals surface area contributed by atoms with E-state index < -0.39 is 86.8 Å². The van der Waals surface area contributed by atoms with E-state index in [2.05, 4.69) is 67.8 Å². The van der Waals surface area contributed by atoms with Crippen LogP contribution < -0.4 is 5.32 Å². The average Bonchev–Trinajstić information content (AvgIpc) is 3.41. The summed E-state index contributed by atoms with van der Waals surface area (Å²) in [6.45, 7) is 2.75. The van der Waals surface area contributed by atoms with Crippen LogP contribution >= 0.6 is 0 Å². The van der Waals surface area contributed by atoms with Crippen molar-refractivity contribution in [1.29, 1.82) is 0 Å². The molecule has 14 heteroatoms. The van der Waals surface area contributed by atoms with Crippen molar-refractivity contribution in [3.8, 4) is 0 Å². The van der Waals surface area contributed by atoms with Gasteiger partial charge in [0.15, 0.2) is 12.6 Å². The van der Waals surface area contributed by atoms with Gasteiger partial charge in [0.05, 0.1) is 32.0 Å². The van der Waals surface area contributed by atoms with E-state index in [9.17, 15) is 45.6 Å². The molecule has 12 unspecified atom stereocenters. The van der Waals surface area contributed by atoms with Crippen LogP contribution in [0.3, 0.4) is 0 Å². The highest BCUT2D eigenvalue weighted by Gasteiger charge is 2.51. The standard InChI is InChI=1S/C61H109NO13/c1-3-5-7-9-11-13-15-17-19-21-22-23-24-25-26-27-28-29-31-33-35-37-39-41-43-45-53(66)62-49(50(65)44-42-40-38-36-34-32-30-20-18-16-14-12-10-8-6-4-2)48-72-60-58(71)56(69)59(52(47-64)74-60)75-61-57(70)55(68)54(67)51(46-63)73-61/h15,17-18,20-22,34,36,42,44,49-52,54-61,63-65,67-71H,3-14,16,19,23-33,35,37-41,43,45-48H2,1-2H3,(H,62,66)/b17-15-,20-18+,22-21-,36-34+,44-42+. The van der Waals surface area contributed by atoms with Crippen LogP contribution in [0.4, 0.5) is 0 Å². The van der Waals surface area contributed by atoms with E-state index in [0.29, 0.717) is 12.8 Å². The van der Waals surface area contributed by atoms with Gasteiger partial charge in [0, 0.05) is 6.42 Å². The third kappa shape index (κ3) is 32.4. The van der Waals surface area contributed by atoms with E-state index in [1.54, 1.807) is 6.08 Å². The number of nitrogens with one attached hydrogen (secondary N) is 1. The maximum Gasteiger partial charge on any atom is 0.220 e. The summed E-state index contributed by atoms with van der Waals surface area (Å²) in [4.78, 5) is 13.3. The van der Waals surface area contributed by atoms with Gasteiger partial charge in [-0.25, -0.2) is 0 Å². The Kier molecular flexibility index (Phi) is 42.7. The molecule has 2 aliphatic rings. The molecule has 1 amide bonds. The highest BCUT2D eigenvalue weighted by atomic mass is 16.7. The fourth-order valence-corrected chi connectivity index (χ4v) is 9.53. The van der Waals surface area contributed by atoms with Crippen LogP contribution in [0.1, 0.15) is 226 Å². The number of aliphatic hydroxyl groups is 8. The second-order valence-electron chi connectivity index (χ2n) is 21.1. The molecule has 9 N–H and O–H groups in total. The predicted octanol–water partition coefficient (Wildman–Crippen LogP) is 10.2. The maximum absolute atomic E-state index is 13.3. The molecule has 0 aromatic heterocycles. The molecule has 2 saturated heterocycles. The van der Waals surface area contributed by atoms with Crippen molar-refractivity contribution in [3.05, 3.63) is 60.8 Å². The van der Waals surface area contributed by atoms with E-state index in [-0.39, 0.29) is 18.9 Å². The number of ether oxygens (including phenoxy) is 4. The van der Waals surface area contributed by atoms with Crippen molar-refractivity contribution < 1.29 is 64.6 Å². The van der Waals surface area contributed by atoms with E-state index in [1.807, 2.05) is 6.08 Å². The van der Waals surface area contributed by atoms with Crippen molar-refractivity contribution >= 4 is 5.91 Å². The molecule has 2 aliphatic heterocycles. The second-order valence-corrected chi connectivity index (χ2v) is 21.1. The summed E-state index contributed by atoms with van der Waals surface area (Å²) in [5.41, 5.74) is 0. The minimum Gasteiger partial charge on any atom is -0.394 e. The summed E-state index contributed by atoms with van der Waals surface area (Å²) in [5.74, 6) is -0.255. The number of aliphatic hydroxyl groups excluding tert-OH is 8. The Balaban J connectivity index is 1.76. The minimum atomic E-state index is -1.79. The van der Waals surface area contributed by atoms with E-state index in [0.717, 1.165) is 51.4 Å². The van der Waals surface area contributed by atoms with Gasteiger partial charge in [-0.2, -0.15) is 0 Å². The highest BCUT2D eigenvalue weighted by Crippen LogP contribution is 2.30. The predicted molar refractivity (Wildman–Crippen MR) is 300 cm³/mol. The lowest BCUT2D eigenvalue weighted by Crippen LogP contribution is -2.65. The number of carbonyl (C=O) groups is 1. The average molecular weight is 1060 g/mol. The van der Waals surface area contributed by atoms with Crippen molar-refractivity contribution in [2.24, 2.45) is 0 Å². The van der Waals surface area contributed by atoms with Gasteiger partial charge in [-0.15, -0.1) is 0 Å². The number of amides is 1. The third-order valence-electron chi connectivity index (χ3n) is 14.4. The zero-order valence-corrected chi connectivity index (χ0v) is 46.8. The molecule has 2 heterocycles. The summed E-state index contributed by atoms with van der Waals surface area (Å²) in [6.07, 6.45) is 42.6. The first-order valence-corrected chi connectivity index (χ1v) is 30.0. The first-order chi connectivity index (χ1) is 36.6. The molecule has 2 rings (SSSR count). The zero-order chi connectivity index (χ0) is 54.6. The van der Waals surface area contributed by atoms with Crippen LogP contribution in [0.5, 0.6) is 0 Å². The molecule has 0 saturated carbocycles. The zero-order valence-electron chi connectivity index (χ0n) is 46.8. The van der Waals surface area contributed by atoms with Gasteiger partial charge in [0.2, 0.25) is 5.91 Å². The molecule has 2 fully saturated rings. The molecule has 14 nitrogen and oxygen atoms in total. The number of hydrogen-bond acceptors (Lipinski definition) is 13. The number of hydrogen-bond donors (Lipinski definition) is 9. The fraction of sp³-hybridized carbons (Fsp3) is 0.820. The molecule has 0 bridgehead atoms. The topological polar surface area (TPSA) is 228 Å².